The topological polar surface area (TPSA) is 80.6 Å². The Morgan fingerprint density at radius 2 is 1.79 bits per heavy atom. The van der Waals surface area contributed by atoms with Crippen LogP contribution in [-0.4, -0.2) is 25.0 Å². The lowest BCUT2D eigenvalue weighted by Gasteiger charge is -2.11. The van der Waals surface area contributed by atoms with Crippen molar-refractivity contribution >= 4 is 17.6 Å². The van der Waals surface area contributed by atoms with E-state index in [-0.39, 0.29) is 12.4 Å². The van der Waals surface area contributed by atoms with E-state index in [0.717, 1.165) is 11.3 Å². The second kappa shape index (κ2) is 10.1. The minimum Gasteiger partial charge on any atom is -0.467 e. The van der Waals surface area contributed by atoms with Crippen LogP contribution in [0.4, 0.5) is 10.1 Å². The van der Waals surface area contributed by atoms with Gasteiger partial charge in [0.2, 0.25) is 0 Å². The molecule has 1 aromatic heterocycles. The van der Waals surface area contributed by atoms with Crippen LogP contribution in [0.25, 0.3) is 0 Å². The van der Waals surface area contributed by atoms with Crippen molar-refractivity contribution in [2.75, 3.05) is 18.5 Å². The highest BCUT2D eigenvalue weighted by Gasteiger charge is 2.14. The lowest BCUT2D eigenvalue weighted by molar-refractivity contribution is -0.124. The fraction of sp³-hybridized carbons (Fsp3) is 0.182. The van der Waals surface area contributed by atoms with Crippen LogP contribution in [0.2, 0.25) is 0 Å². The van der Waals surface area contributed by atoms with E-state index in [9.17, 15) is 14.0 Å². The quantitative estimate of drug-likeness (QED) is 0.541. The van der Waals surface area contributed by atoms with Gasteiger partial charge in [-0.25, -0.2) is 9.18 Å². The van der Waals surface area contributed by atoms with Crippen LogP contribution in [0.1, 0.15) is 21.7 Å². The summed E-state index contributed by atoms with van der Waals surface area (Å²) in [6, 6.07) is 16.6. The first kappa shape index (κ1) is 20.1. The number of rotatable bonds is 9. The number of anilines is 1. The molecule has 0 saturated carbocycles. The number of ether oxygens (including phenoxy) is 1. The molecular weight excluding hydrogens is 375 g/mol. The highest BCUT2D eigenvalue weighted by atomic mass is 19.1. The number of benzene rings is 2. The minimum atomic E-state index is -0.596. The van der Waals surface area contributed by atoms with Gasteiger partial charge in [-0.3, -0.25) is 4.79 Å². The largest absolute Gasteiger partial charge is 0.467 e. The molecule has 0 unspecified atom stereocenters. The summed E-state index contributed by atoms with van der Waals surface area (Å²) in [4.78, 5) is 24.3. The molecule has 0 spiro atoms. The molecule has 0 aliphatic rings. The predicted octanol–water partition coefficient (Wildman–Crippen LogP) is 3.55. The van der Waals surface area contributed by atoms with Gasteiger partial charge in [0.1, 0.15) is 11.6 Å². The van der Waals surface area contributed by atoms with E-state index >= 15 is 0 Å². The van der Waals surface area contributed by atoms with Gasteiger partial charge in [-0.2, -0.15) is 0 Å². The summed E-state index contributed by atoms with van der Waals surface area (Å²) in [6.45, 7) is 0.402. The fourth-order valence-electron chi connectivity index (χ4n) is 2.67. The molecule has 0 bridgehead atoms. The molecule has 2 aromatic carbocycles. The second-order valence-electron chi connectivity index (χ2n) is 6.28. The number of amides is 1. The average molecular weight is 396 g/mol. The molecule has 3 rings (SSSR count). The molecule has 6 nitrogen and oxygen atoms in total. The molecule has 0 aliphatic heterocycles. The second-order valence-corrected chi connectivity index (χ2v) is 6.28. The summed E-state index contributed by atoms with van der Waals surface area (Å²) in [5, 5.41) is 5.79. The first-order chi connectivity index (χ1) is 14.1. The third-order valence-electron chi connectivity index (χ3n) is 4.16. The van der Waals surface area contributed by atoms with E-state index in [4.69, 9.17) is 9.15 Å². The third-order valence-corrected chi connectivity index (χ3v) is 4.16. The number of halogens is 1. The summed E-state index contributed by atoms with van der Waals surface area (Å²) in [6.07, 6.45) is 2.13. The van der Waals surface area contributed by atoms with E-state index in [2.05, 4.69) is 10.6 Å². The molecule has 29 heavy (non-hydrogen) atoms. The Morgan fingerprint density at radius 3 is 2.55 bits per heavy atom. The van der Waals surface area contributed by atoms with E-state index < -0.39 is 11.9 Å². The number of esters is 1. The lowest BCUT2D eigenvalue weighted by atomic mass is 10.1. The summed E-state index contributed by atoms with van der Waals surface area (Å²) < 4.78 is 23.3. The molecule has 3 aromatic rings. The normalized spacial score (nSPS) is 10.4. The monoisotopic (exact) mass is 396 g/mol. The molecule has 2 N–H and O–H groups in total. The van der Waals surface area contributed by atoms with Gasteiger partial charge in [0, 0.05) is 12.2 Å². The van der Waals surface area contributed by atoms with E-state index in [1.165, 1.54) is 12.1 Å². The van der Waals surface area contributed by atoms with Crippen molar-refractivity contribution in [3.05, 3.63) is 89.6 Å². The number of carbonyl (C=O) groups excluding carboxylic acids is 2. The number of furan rings is 1. The lowest BCUT2D eigenvalue weighted by Crippen LogP contribution is -2.30. The highest BCUT2D eigenvalue weighted by Crippen LogP contribution is 2.17. The zero-order valence-corrected chi connectivity index (χ0v) is 15.7. The van der Waals surface area contributed by atoms with E-state index in [1.54, 1.807) is 48.7 Å². The van der Waals surface area contributed by atoms with Gasteiger partial charge in [-0.1, -0.05) is 24.3 Å². The first-order valence-electron chi connectivity index (χ1n) is 9.15. The number of hydrogen-bond acceptors (Lipinski definition) is 5. The maximum absolute atomic E-state index is 12.9. The number of carbonyl (C=O) groups is 2. The van der Waals surface area contributed by atoms with Crippen LogP contribution >= 0.6 is 0 Å². The van der Waals surface area contributed by atoms with Crippen molar-refractivity contribution in [1.29, 1.82) is 0 Å². The SMILES string of the molecule is O=C(COC(=O)c1ccccc1NCc1ccco1)NCCc1ccc(F)cc1. The molecule has 0 radical (unpaired) electrons. The van der Waals surface area contributed by atoms with Crippen LogP contribution in [0.5, 0.6) is 0 Å². The standard InChI is InChI=1S/C22H21FN2O4/c23-17-9-7-16(8-10-17)11-12-24-21(26)15-29-22(27)19-5-1-2-6-20(19)25-14-18-4-3-13-28-18/h1-10,13,25H,11-12,14-15H2,(H,24,26). The van der Waals surface area contributed by atoms with Crippen LogP contribution < -0.4 is 10.6 Å². The minimum absolute atomic E-state index is 0.302. The van der Waals surface area contributed by atoms with Gasteiger partial charge in [0.05, 0.1) is 18.4 Å². The number of nitrogens with one attached hydrogen (secondary N) is 2. The predicted molar refractivity (Wildman–Crippen MR) is 106 cm³/mol. The maximum Gasteiger partial charge on any atom is 0.340 e. The van der Waals surface area contributed by atoms with Crippen molar-refractivity contribution in [2.24, 2.45) is 0 Å². The van der Waals surface area contributed by atoms with Crippen LogP contribution in [0.3, 0.4) is 0 Å². The molecule has 0 aliphatic carbocycles. The molecule has 150 valence electrons. The smallest absolute Gasteiger partial charge is 0.340 e. The van der Waals surface area contributed by atoms with Crippen molar-refractivity contribution in [3.63, 3.8) is 0 Å². The molecule has 0 fully saturated rings. The summed E-state index contributed by atoms with van der Waals surface area (Å²) in [7, 11) is 0. The molecular formula is C22H21FN2O4. The van der Waals surface area contributed by atoms with Crippen molar-refractivity contribution < 1.29 is 23.1 Å². The number of hydrogen-bond donors (Lipinski definition) is 2. The first-order valence-corrected chi connectivity index (χ1v) is 9.15. The molecule has 1 amide bonds. The Bertz CT molecular complexity index is 940. The summed E-state index contributed by atoms with van der Waals surface area (Å²) >= 11 is 0. The third kappa shape index (κ3) is 6.21. The maximum atomic E-state index is 12.9. The summed E-state index contributed by atoms with van der Waals surface area (Å²) in [5.74, 6) is -0.569. The number of para-hydroxylation sites is 1. The van der Waals surface area contributed by atoms with Gasteiger partial charge in [-0.15, -0.1) is 0 Å². The molecule has 1 heterocycles. The summed E-state index contributed by atoms with van der Waals surface area (Å²) in [5.41, 5.74) is 1.82. The van der Waals surface area contributed by atoms with Crippen LogP contribution in [0.15, 0.2) is 71.3 Å². The van der Waals surface area contributed by atoms with Crippen molar-refractivity contribution in [3.8, 4) is 0 Å². The zero-order chi connectivity index (χ0) is 20.5. The molecule has 0 saturated heterocycles. The van der Waals surface area contributed by atoms with Gasteiger partial charge < -0.3 is 19.8 Å². The van der Waals surface area contributed by atoms with Gasteiger partial charge >= 0.3 is 5.97 Å². The van der Waals surface area contributed by atoms with Gasteiger partial charge in [0.15, 0.2) is 6.61 Å². The van der Waals surface area contributed by atoms with Crippen LogP contribution in [-0.2, 0) is 22.5 Å². The highest BCUT2D eigenvalue weighted by molar-refractivity contribution is 5.96. The van der Waals surface area contributed by atoms with Gasteiger partial charge in [-0.05, 0) is 48.4 Å². The zero-order valence-electron chi connectivity index (χ0n) is 15.7. The Balaban J connectivity index is 1.45. The van der Waals surface area contributed by atoms with E-state index in [0.29, 0.717) is 30.8 Å². The average Bonchev–Trinajstić information content (AvgIpc) is 3.26. The molecule has 0 atom stereocenters. The van der Waals surface area contributed by atoms with Gasteiger partial charge in [0.25, 0.3) is 5.91 Å². The Morgan fingerprint density at radius 1 is 1.00 bits per heavy atom. The Labute approximate surface area is 167 Å². The Hall–Kier alpha value is -3.61. The van der Waals surface area contributed by atoms with E-state index in [1.807, 2.05) is 6.07 Å². The Kier molecular flexibility index (Phi) is 7.00. The van der Waals surface area contributed by atoms with Crippen molar-refractivity contribution in [2.45, 2.75) is 13.0 Å². The molecule has 7 heteroatoms. The van der Waals surface area contributed by atoms with Crippen LogP contribution in [0, 0.1) is 5.82 Å². The van der Waals surface area contributed by atoms with Crippen molar-refractivity contribution in [1.82, 2.24) is 5.32 Å². The fourth-order valence-corrected chi connectivity index (χ4v) is 2.67.